The fourth-order valence-electron chi connectivity index (χ4n) is 5.46. The number of amides is 2. The van der Waals surface area contributed by atoms with Gasteiger partial charge in [-0.05, 0) is 69.1 Å². The fourth-order valence-corrected chi connectivity index (χ4v) is 5.46. The Bertz CT molecular complexity index is 1030. The molecule has 8 nitrogen and oxygen atoms in total. The summed E-state index contributed by atoms with van der Waals surface area (Å²) in [4.78, 5) is 36.1. The Morgan fingerprint density at radius 3 is 2.20 bits per heavy atom. The number of fused-ring (bicyclic) bond motifs is 3. The van der Waals surface area contributed by atoms with Crippen molar-refractivity contribution in [1.29, 1.82) is 0 Å². The Balaban J connectivity index is 0.000000663. The van der Waals surface area contributed by atoms with Crippen LogP contribution in [-0.2, 0) is 25.2 Å². The van der Waals surface area contributed by atoms with Gasteiger partial charge in [0, 0.05) is 24.4 Å². The van der Waals surface area contributed by atoms with Gasteiger partial charge in [0.1, 0.15) is 0 Å². The van der Waals surface area contributed by atoms with E-state index in [1.807, 2.05) is 6.92 Å². The lowest BCUT2D eigenvalue weighted by Crippen LogP contribution is -2.46. The predicted molar refractivity (Wildman–Crippen MR) is 142 cm³/mol. The van der Waals surface area contributed by atoms with Crippen LogP contribution in [0.4, 0.5) is 13.2 Å². The maximum Gasteiger partial charge on any atom is 0.416 e. The number of carboxylic acid groups (broad SMARTS) is 1. The molecule has 1 aromatic rings. The molecule has 11 heteroatoms. The van der Waals surface area contributed by atoms with Crippen LogP contribution in [0.3, 0.4) is 0 Å². The molecular formula is C29H41F3N2O6. The minimum Gasteiger partial charge on any atom is -0.478 e. The van der Waals surface area contributed by atoms with Crippen LogP contribution in [0.15, 0.2) is 18.2 Å². The molecule has 3 heterocycles. The molecule has 4 fully saturated rings. The number of aromatic carboxylic acids is 1. The highest BCUT2D eigenvalue weighted by atomic mass is 19.4. The molecule has 1 atom stereocenters. The number of nitrogens with two attached hydrogens (primary N) is 1. The molecule has 0 radical (unpaired) electrons. The summed E-state index contributed by atoms with van der Waals surface area (Å²) < 4.78 is 50.9. The number of benzene rings is 1. The topological polar surface area (TPSA) is 119 Å². The lowest BCUT2D eigenvalue weighted by molar-refractivity contribution is -0.153. The number of piperidine rings is 1. The van der Waals surface area contributed by atoms with Gasteiger partial charge < -0.3 is 25.2 Å². The number of rotatable bonds is 8. The minimum absolute atomic E-state index is 0.00926. The monoisotopic (exact) mass is 570 g/mol. The summed E-state index contributed by atoms with van der Waals surface area (Å²) in [6.45, 7) is 7.64. The van der Waals surface area contributed by atoms with Crippen LogP contribution >= 0.6 is 0 Å². The largest absolute Gasteiger partial charge is 0.478 e. The molecule has 5 rings (SSSR count). The maximum atomic E-state index is 13.0. The number of alkyl halides is 3. The van der Waals surface area contributed by atoms with E-state index in [1.54, 1.807) is 18.7 Å². The number of nitrogens with zero attached hydrogens (tertiary/aromatic N) is 1. The highest BCUT2D eigenvalue weighted by Gasteiger charge is 2.42. The van der Waals surface area contributed by atoms with E-state index in [1.165, 1.54) is 6.07 Å². The number of halogens is 3. The normalized spacial score (nSPS) is 23.9. The summed E-state index contributed by atoms with van der Waals surface area (Å²) in [6.07, 6.45) is 1.24. The zero-order chi connectivity index (χ0) is 29.7. The van der Waals surface area contributed by atoms with Gasteiger partial charge in [-0.2, -0.15) is 13.2 Å². The van der Waals surface area contributed by atoms with Crippen LogP contribution in [-0.4, -0.2) is 66.3 Å². The third-order valence-corrected chi connectivity index (χ3v) is 8.22. The highest BCUT2D eigenvalue weighted by Crippen LogP contribution is 2.43. The van der Waals surface area contributed by atoms with E-state index in [9.17, 15) is 32.7 Å². The Morgan fingerprint density at radius 2 is 1.73 bits per heavy atom. The maximum absolute atomic E-state index is 13.0. The Labute approximate surface area is 233 Å². The molecule has 2 amide bonds. The van der Waals surface area contributed by atoms with Crippen LogP contribution in [0.2, 0.25) is 0 Å². The van der Waals surface area contributed by atoms with E-state index in [0.29, 0.717) is 50.3 Å². The second-order valence-electron chi connectivity index (χ2n) is 11.7. The average molecular weight is 571 g/mol. The second kappa shape index (κ2) is 13.3. The second-order valence-corrected chi connectivity index (χ2v) is 11.7. The molecule has 1 saturated carbocycles. The first-order valence-corrected chi connectivity index (χ1v) is 14.0. The van der Waals surface area contributed by atoms with E-state index in [4.69, 9.17) is 15.2 Å². The van der Waals surface area contributed by atoms with E-state index in [-0.39, 0.29) is 47.2 Å². The van der Waals surface area contributed by atoms with Gasteiger partial charge in [0.05, 0.1) is 43.0 Å². The molecule has 1 aliphatic carbocycles. The van der Waals surface area contributed by atoms with E-state index < -0.39 is 17.7 Å². The lowest BCUT2D eigenvalue weighted by Gasteiger charge is -2.46. The zero-order valence-electron chi connectivity index (χ0n) is 23.5. The third kappa shape index (κ3) is 8.42. The molecule has 0 spiro atoms. The first-order chi connectivity index (χ1) is 18.7. The standard InChI is InChI=1S/C25H32F3NO5.C4H9NO/c1-16(33-14-24-8-4-19(5-9-24)34-15-24)12-22(30)29-10-6-17(7-11-29)20-3-2-18(25(26,27)28)13-21(20)23(31)32;1-3(2)4(5)6/h2-3,13,16-17,19H,4-12,14-15H2,1H3,(H,31,32);3H,1-2H3,(H2,5,6). The van der Waals surface area contributed by atoms with E-state index in [2.05, 4.69) is 0 Å². The fraction of sp³-hybridized carbons (Fsp3) is 0.690. The van der Waals surface area contributed by atoms with Gasteiger partial charge in [0.15, 0.2) is 0 Å². The molecule has 2 bridgehead atoms. The number of carbonyl (C=O) groups is 3. The molecule has 0 aromatic heterocycles. The summed E-state index contributed by atoms with van der Waals surface area (Å²) in [5, 5.41) is 9.46. The molecule has 3 saturated heterocycles. The third-order valence-electron chi connectivity index (χ3n) is 8.22. The van der Waals surface area contributed by atoms with E-state index >= 15 is 0 Å². The lowest BCUT2D eigenvalue weighted by atomic mass is 9.72. The number of likely N-dealkylation sites (tertiary alicyclic amines) is 1. The molecule has 4 aliphatic rings. The van der Waals surface area contributed by atoms with Crippen LogP contribution in [0.5, 0.6) is 0 Å². The van der Waals surface area contributed by atoms with Crippen molar-refractivity contribution in [3.63, 3.8) is 0 Å². The van der Waals surface area contributed by atoms with Gasteiger partial charge >= 0.3 is 12.1 Å². The first kappa shape index (κ1) is 31.9. The first-order valence-electron chi connectivity index (χ1n) is 14.0. The van der Waals surface area contributed by atoms with Crippen molar-refractivity contribution in [1.82, 2.24) is 4.90 Å². The van der Waals surface area contributed by atoms with Crippen LogP contribution in [0.25, 0.3) is 0 Å². The van der Waals surface area contributed by atoms with Gasteiger partial charge in [0.25, 0.3) is 0 Å². The van der Waals surface area contributed by atoms with Crippen molar-refractivity contribution >= 4 is 17.8 Å². The minimum atomic E-state index is -4.60. The number of carbonyl (C=O) groups excluding carboxylic acids is 2. The van der Waals surface area contributed by atoms with Crippen molar-refractivity contribution in [2.75, 3.05) is 26.3 Å². The van der Waals surface area contributed by atoms with Crippen LogP contribution in [0, 0.1) is 11.3 Å². The molecule has 3 aliphatic heterocycles. The smallest absolute Gasteiger partial charge is 0.416 e. The van der Waals surface area contributed by atoms with E-state index in [0.717, 1.165) is 38.4 Å². The Morgan fingerprint density at radius 1 is 1.12 bits per heavy atom. The Kier molecular flexibility index (Phi) is 10.6. The summed E-state index contributed by atoms with van der Waals surface area (Å²) >= 11 is 0. The summed E-state index contributed by atoms with van der Waals surface area (Å²) in [5.41, 5.74) is 3.98. The molecule has 3 N–H and O–H groups in total. The van der Waals surface area contributed by atoms with Crippen LogP contribution in [0.1, 0.15) is 93.1 Å². The number of carboxylic acids is 1. The number of primary amides is 1. The van der Waals surface area contributed by atoms with Crippen molar-refractivity contribution < 1.29 is 42.1 Å². The summed E-state index contributed by atoms with van der Waals surface area (Å²) in [6, 6.07) is 2.91. The number of hydrogen-bond donors (Lipinski definition) is 2. The molecule has 40 heavy (non-hydrogen) atoms. The van der Waals surface area contributed by atoms with Gasteiger partial charge in [-0.15, -0.1) is 0 Å². The summed E-state index contributed by atoms with van der Waals surface area (Å²) in [7, 11) is 0. The quantitative estimate of drug-likeness (QED) is 0.455. The van der Waals surface area contributed by atoms with Crippen molar-refractivity contribution in [2.24, 2.45) is 17.1 Å². The van der Waals surface area contributed by atoms with Gasteiger partial charge in [0.2, 0.25) is 11.8 Å². The average Bonchev–Trinajstić information content (AvgIpc) is 2.92. The van der Waals surface area contributed by atoms with Crippen LogP contribution < -0.4 is 5.73 Å². The van der Waals surface area contributed by atoms with Crippen molar-refractivity contribution in [3.8, 4) is 0 Å². The zero-order valence-corrected chi connectivity index (χ0v) is 23.5. The predicted octanol–water partition coefficient (Wildman–Crippen LogP) is 4.99. The number of ether oxygens (including phenoxy) is 2. The molecule has 224 valence electrons. The highest BCUT2D eigenvalue weighted by molar-refractivity contribution is 5.90. The molecular weight excluding hydrogens is 529 g/mol. The molecule has 1 unspecified atom stereocenters. The van der Waals surface area contributed by atoms with Gasteiger partial charge in [-0.3, -0.25) is 9.59 Å². The van der Waals surface area contributed by atoms with Crippen molar-refractivity contribution in [2.45, 2.75) is 90.0 Å². The molecule has 1 aromatic carbocycles. The van der Waals surface area contributed by atoms with Gasteiger partial charge in [-0.1, -0.05) is 19.9 Å². The Hall–Kier alpha value is -2.66. The summed E-state index contributed by atoms with van der Waals surface area (Å²) in [5.74, 6) is -1.84. The SMILES string of the molecule is CC(C)C(N)=O.CC(CC(=O)N1CCC(c2ccc(C(F)(F)F)cc2C(=O)O)CC1)OCC12CCC(CC1)OC2. The van der Waals surface area contributed by atoms with Gasteiger partial charge in [-0.25, -0.2) is 4.79 Å². The number of hydrogen-bond acceptors (Lipinski definition) is 5. The van der Waals surface area contributed by atoms with Crippen molar-refractivity contribution in [3.05, 3.63) is 34.9 Å².